The van der Waals surface area contributed by atoms with E-state index in [-0.39, 0.29) is 5.92 Å². The molecule has 2 heterocycles. The van der Waals surface area contributed by atoms with Gasteiger partial charge in [-0.25, -0.2) is 0 Å². The summed E-state index contributed by atoms with van der Waals surface area (Å²) in [7, 11) is 0. The molecule has 2 rings (SSSR count). The fraction of sp³-hybridized carbons (Fsp3) is 0.636. The van der Waals surface area contributed by atoms with Crippen LogP contribution in [0.3, 0.4) is 0 Å². The molecule has 1 aliphatic heterocycles. The predicted molar refractivity (Wildman–Crippen MR) is 51.9 cm³/mol. The zero-order valence-corrected chi connectivity index (χ0v) is 8.40. The summed E-state index contributed by atoms with van der Waals surface area (Å²) in [4.78, 5) is 0. The molecular weight excluding hydrogens is 180 g/mol. The number of hydrogen-bond donors (Lipinski definition) is 1. The van der Waals surface area contributed by atoms with Gasteiger partial charge in [0, 0.05) is 13.2 Å². The summed E-state index contributed by atoms with van der Waals surface area (Å²) in [5, 5.41) is 10.0. The topological polar surface area (TPSA) is 42.6 Å². The summed E-state index contributed by atoms with van der Waals surface area (Å²) in [6.07, 6.45) is 1.37. The Morgan fingerprint density at radius 3 is 2.64 bits per heavy atom. The first kappa shape index (κ1) is 9.74. The van der Waals surface area contributed by atoms with E-state index in [0.29, 0.717) is 5.76 Å². The Labute approximate surface area is 83.7 Å². The lowest BCUT2D eigenvalue weighted by Crippen LogP contribution is -2.21. The van der Waals surface area contributed by atoms with Crippen LogP contribution in [0.5, 0.6) is 0 Å². The van der Waals surface area contributed by atoms with Crippen molar-refractivity contribution in [3.8, 4) is 0 Å². The Balaban J connectivity index is 2.03. The van der Waals surface area contributed by atoms with Gasteiger partial charge < -0.3 is 14.3 Å². The molecule has 1 aliphatic rings. The number of aliphatic hydroxyl groups is 1. The van der Waals surface area contributed by atoms with Crippen LogP contribution in [-0.2, 0) is 4.74 Å². The average Bonchev–Trinajstić information content (AvgIpc) is 2.65. The molecule has 1 atom stereocenters. The van der Waals surface area contributed by atoms with Gasteiger partial charge in [0.25, 0.3) is 0 Å². The largest absolute Gasteiger partial charge is 0.464 e. The third-order valence-electron chi connectivity index (χ3n) is 2.77. The summed E-state index contributed by atoms with van der Waals surface area (Å²) < 4.78 is 10.7. The molecule has 1 saturated heterocycles. The number of hydrogen-bond acceptors (Lipinski definition) is 3. The molecule has 0 amide bonds. The number of aryl methyl sites for hydroxylation is 1. The number of furan rings is 1. The third kappa shape index (κ3) is 1.99. The van der Waals surface area contributed by atoms with Crippen molar-refractivity contribution in [1.29, 1.82) is 0 Å². The molecule has 1 aromatic heterocycles. The Hall–Kier alpha value is -0.800. The Morgan fingerprint density at radius 2 is 2.07 bits per heavy atom. The molecule has 14 heavy (non-hydrogen) atoms. The van der Waals surface area contributed by atoms with Crippen LogP contribution >= 0.6 is 0 Å². The minimum atomic E-state index is -0.465. The maximum Gasteiger partial charge on any atom is 0.132 e. The highest BCUT2D eigenvalue weighted by Crippen LogP contribution is 2.30. The zero-order chi connectivity index (χ0) is 9.97. The SMILES string of the molecule is Cc1ccc([C@H](O)C2CCOCC2)o1. The van der Waals surface area contributed by atoms with Gasteiger partial charge in [-0.15, -0.1) is 0 Å². The van der Waals surface area contributed by atoms with Gasteiger partial charge in [0.1, 0.15) is 17.6 Å². The van der Waals surface area contributed by atoms with Crippen LogP contribution < -0.4 is 0 Å². The minimum Gasteiger partial charge on any atom is -0.464 e. The number of ether oxygens (including phenoxy) is 1. The van der Waals surface area contributed by atoms with Crippen molar-refractivity contribution in [2.24, 2.45) is 5.92 Å². The first-order valence-corrected chi connectivity index (χ1v) is 5.09. The van der Waals surface area contributed by atoms with E-state index < -0.39 is 6.10 Å². The third-order valence-corrected chi connectivity index (χ3v) is 2.77. The quantitative estimate of drug-likeness (QED) is 0.787. The molecule has 3 heteroatoms. The van der Waals surface area contributed by atoms with Crippen molar-refractivity contribution in [1.82, 2.24) is 0 Å². The molecule has 78 valence electrons. The van der Waals surface area contributed by atoms with Gasteiger partial charge in [-0.05, 0) is 37.8 Å². The molecule has 0 unspecified atom stereocenters. The van der Waals surface area contributed by atoms with E-state index >= 15 is 0 Å². The summed E-state index contributed by atoms with van der Waals surface area (Å²) in [6, 6.07) is 3.74. The normalized spacial score (nSPS) is 21.0. The van der Waals surface area contributed by atoms with Crippen LogP contribution in [-0.4, -0.2) is 18.3 Å². The van der Waals surface area contributed by atoms with E-state index in [1.54, 1.807) is 0 Å². The lowest BCUT2D eigenvalue weighted by molar-refractivity contribution is -0.00134. The highest BCUT2D eigenvalue weighted by atomic mass is 16.5. The smallest absolute Gasteiger partial charge is 0.132 e. The zero-order valence-electron chi connectivity index (χ0n) is 8.40. The van der Waals surface area contributed by atoms with Gasteiger partial charge in [0.05, 0.1) is 0 Å². The Bertz CT molecular complexity index is 286. The molecule has 1 N–H and O–H groups in total. The van der Waals surface area contributed by atoms with Crippen LogP contribution in [0.2, 0.25) is 0 Å². The van der Waals surface area contributed by atoms with E-state index in [2.05, 4.69) is 0 Å². The maximum atomic E-state index is 10.0. The molecular formula is C11H16O3. The summed E-state index contributed by atoms with van der Waals surface area (Å²) in [5.74, 6) is 1.83. The van der Waals surface area contributed by atoms with Crippen LogP contribution in [0.25, 0.3) is 0 Å². The molecule has 0 aliphatic carbocycles. The molecule has 0 saturated carbocycles. The second-order valence-corrected chi connectivity index (χ2v) is 3.84. The van der Waals surface area contributed by atoms with Crippen LogP contribution in [0.1, 0.15) is 30.5 Å². The first-order chi connectivity index (χ1) is 6.77. The minimum absolute atomic E-state index is 0.286. The second-order valence-electron chi connectivity index (χ2n) is 3.84. The molecule has 0 aromatic carbocycles. The molecule has 3 nitrogen and oxygen atoms in total. The van der Waals surface area contributed by atoms with Gasteiger partial charge in [-0.3, -0.25) is 0 Å². The van der Waals surface area contributed by atoms with Gasteiger partial charge >= 0.3 is 0 Å². The highest BCUT2D eigenvalue weighted by molar-refractivity contribution is 5.09. The van der Waals surface area contributed by atoms with Gasteiger partial charge in [-0.2, -0.15) is 0 Å². The van der Waals surface area contributed by atoms with E-state index in [9.17, 15) is 5.11 Å². The van der Waals surface area contributed by atoms with Crippen LogP contribution in [0.15, 0.2) is 16.5 Å². The number of rotatable bonds is 2. The van der Waals surface area contributed by atoms with Crippen molar-refractivity contribution in [3.05, 3.63) is 23.7 Å². The van der Waals surface area contributed by atoms with Gasteiger partial charge in [-0.1, -0.05) is 0 Å². The lowest BCUT2D eigenvalue weighted by Gasteiger charge is -2.25. The molecule has 0 radical (unpaired) electrons. The number of aliphatic hydroxyl groups excluding tert-OH is 1. The summed E-state index contributed by atoms with van der Waals surface area (Å²) in [5.41, 5.74) is 0. The highest BCUT2D eigenvalue weighted by Gasteiger charge is 2.25. The van der Waals surface area contributed by atoms with Gasteiger partial charge in [0.15, 0.2) is 0 Å². The fourth-order valence-corrected chi connectivity index (χ4v) is 1.88. The Kier molecular flexibility index (Phi) is 2.89. The van der Waals surface area contributed by atoms with E-state index in [1.165, 1.54) is 0 Å². The standard InChI is InChI=1S/C11H16O3/c1-8-2-3-10(14-8)11(12)9-4-6-13-7-5-9/h2-3,9,11-12H,4-7H2,1H3/t11-/m1/s1. The van der Waals surface area contributed by atoms with Crippen molar-refractivity contribution < 1.29 is 14.3 Å². The molecule has 1 aromatic rings. The monoisotopic (exact) mass is 196 g/mol. The maximum absolute atomic E-state index is 10.0. The average molecular weight is 196 g/mol. The molecule has 0 bridgehead atoms. The first-order valence-electron chi connectivity index (χ1n) is 5.09. The summed E-state index contributed by atoms with van der Waals surface area (Å²) >= 11 is 0. The van der Waals surface area contributed by atoms with Crippen molar-refractivity contribution in [2.75, 3.05) is 13.2 Å². The van der Waals surface area contributed by atoms with E-state index in [0.717, 1.165) is 31.8 Å². The van der Waals surface area contributed by atoms with Crippen molar-refractivity contribution in [2.45, 2.75) is 25.9 Å². The van der Waals surface area contributed by atoms with Crippen molar-refractivity contribution >= 4 is 0 Å². The second kappa shape index (κ2) is 4.15. The van der Waals surface area contributed by atoms with E-state index in [1.807, 2.05) is 19.1 Å². The molecule has 0 spiro atoms. The summed E-state index contributed by atoms with van der Waals surface area (Å²) in [6.45, 7) is 3.39. The van der Waals surface area contributed by atoms with Crippen molar-refractivity contribution in [3.63, 3.8) is 0 Å². The Morgan fingerprint density at radius 1 is 1.36 bits per heavy atom. The fourth-order valence-electron chi connectivity index (χ4n) is 1.88. The van der Waals surface area contributed by atoms with E-state index in [4.69, 9.17) is 9.15 Å². The predicted octanol–water partition coefficient (Wildman–Crippen LogP) is 2.05. The molecule has 1 fully saturated rings. The van der Waals surface area contributed by atoms with Crippen LogP contribution in [0, 0.1) is 12.8 Å². The van der Waals surface area contributed by atoms with Gasteiger partial charge in [0.2, 0.25) is 0 Å². The lowest BCUT2D eigenvalue weighted by atomic mass is 9.92. The van der Waals surface area contributed by atoms with Crippen LogP contribution in [0.4, 0.5) is 0 Å².